The Kier molecular flexibility index (Phi) is 8.34. The van der Waals surface area contributed by atoms with Crippen LogP contribution in [0.2, 0.25) is 10.0 Å². The van der Waals surface area contributed by atoms with Gasteiger partial charge in [0.25, 0.3) is 0 Å². The quantitative estimate of drug-likeness (QED) is 0.504. The molecular formula is C21H28Cl2N2O2S. The minimum Gasteiger partial charge on any atom is -0.309 e. The number of hydrogen-bond donors (Lipinski definition) is 0. The van der Waals surface area contributed by atoms with E-state index in [9.17, 15) is 8.42 Å². The lowest BCUT2D eigenvalue weighted by Gasteiger charge is -2.23. The lowest BCUT2D eigenvalue weighted by molar-refractivity contribution is 0.358. The highest BCUT2D eigenvalue weighted by Crippen LogP contribution is 2.27. The second-order valence-electron chi connectivity index (χ2n) is 7.42. The van der Waals surface area contributed by atoms with Gasteiger partial charge in [-0.25, -0.2) is 8.42 Å². The molecular weight excluding hydrogens is 415 g/mol. The van der Waals surface area contributed by atoms with Crippen LogP contribution in [0.15, 0.2) is 41.3 Å². The fraction of sp³-hybridized carbons (Fsp3) is 0.429. The van der Waals surface area contributed by atoms with E-state index in [0.29, 0.717) is 18.1 Å². The van der Waals surface area contributed by atoms with Gasteiger partial charge < -0.3 is 4.90 Å². The number of benzene rings is 2. The van der Waals surface area contributed by atoms with Gasteiger partial charge in [0.1, 0.15) is 0 Å². The number of halogens is 2. The van der Waals surface area contributed by atoms with E-state index < -0.39 is 10.0 Å². The lowest BCUT2D eigenvalue weighted by Crippen LogP contribution is -2.32. The zero-order valence-electron chi connectivity index (χ0n) is 16.9. The number of hydrogen-bond acceptors (Lipinski definition) is 3. The molecule has 0 aliphatic rings. The van der Waals surface area contributed by atoms with Crippen molar-refractivity contribution in [3.8, 4) is 0 Å². The topological polar surface area (TPSA) is 40.6 Å². The Bertz CT molecular complexity index is 894. The molecule has 0 fully saturated rings. The van der Waals surface area contributed by atoms with Crippen LogP contribution in [0.4, 0.5) is 0 Å². The molecule has 0 radical (unpaired) electrons. The number of rotatable bonds is 9. The van der Waals surface area contributed by atoms with Crippen molar-refractivity contribution in [1.29, 1.82) is 0 Å². The summed E-state index contributed by atoms with van der Waals surface area (Å²) in [7, 11) is 0.339. The zero-order valence-corrected chi connectivity index (χ0v) is 19.2. The maximum atomic E-state index is 13.3. The summed E-state index contributed by atoms with van der Waals surface area (Å²) in [4.78, 5) is 2.26. The highest BCUT2D eigenvalue weighted by Gasteiger charge is 2.25. The molecule has 0 amide bonds. The predicted molar refractivity (Wildman–Crippen MR) is 118 cm³/mol. The molecule has 0 atom stereocenters. The maximum Gasteiger partial charge on any atom is 0.243 e. The van der Waals surface area contributed by atoms with Crippen molar-refractivity contribution >= 4 is 33.2 Å². The Morgan fingerprint density at radius 1 is 0.857 bits per heavy atom. The van der Waals surface area contributed by atoms with Gasteiger partial charge >= 0.3 is 0 Å². The third-order valence-corrected chi connectivity index (χ3v) is 7.01. The van der Waals surface area contributed by atoms with Crippen molar-refractivity contribution < 1.29 is 8.42 Å². The molecule has 0 spiro atoms. The summed E-state index contributed by atoms with van der Waals surface area (Å²) in [5.74, 6) is 0. The SMILES string of the molecule is Cc1cc(C)cc(CN(CCCCN(C)C)S(=O)(=O)c2ccc(Cl)c(Cl)c2)c1. The van der Waals surface area contributed by atoms with Crippen LogP contribution < -0.4 is 0 Å². The van der Waals surface area contributed by atoms with Crippen molar-refractivity contribution in [3.05, 3.63) is 63.1 Å². The average Bonchev–Trinajstić information content (AvgIpc) is 2.58. The smallest absolute Gasteiger partial charge is 0.243 e. The first-order valence-corrected chi connectivity index (χ1v) is 11.5. The van der Waals surface area contributed by atoms with Gasteiger partial charge in [-0.1, -0.05) is 52.5 Å². The maximum absolute atomic E-state index is 13.3. The number of sulfonamides is 1. The molecule has 0 aliphatic carbocycles. The van der Waals surface area contributed by atoms with Gasteiger partial charge in [0.05, 0.1) is 14.9 Å². The van der Waals surface area contributed by atoms with Crippen molar-refractivity contribution in [3.63, 3.8) is 0 Å². The summed E-state index contributed by atoms with van der Waals surface area (Å²) in [6.45, 7) is 5.73. The van der Waals surface area contributed by atoms with E-state index in [1.165, 1.54) is 22.5 Å². The van der Waals surface area contributed by atoms with Gasteiger partial charge in [-0.15, -0.1) is 0 Å². The van der Waals surface area contributed by atoms with E-state index in [4.69, 9.17) is 23.2 Å². The van der Waals surface area contributed by atoms with E-state index in [-0.39, 0.29) is 9.92 Å². The molecule has 0 bridgehead atoms. The van der Waals surface area contributed by atoms with E-state index in [0.717, 1.165) is 36.1 Å². The molecule has 0 N–H and O–H groups in total. The standard InChI is InChI=1S/C21H28Cl2N2O2S/c1-16-11-17(2)13-18(12-16)15-25(10-6-5-9-24(3)4)28(26,27)19-7-8-20(22)21(23)14-19/h7-8,11-14H,5-6,9-10,15H2,1-4H3. The van der Waals surface area contributed by atoms with Crippen molar-refractivity contribution in [1.82, 2.24) is 9.21 Å². The molecule has 4 nitrogen and oxygen atoms in total. The van der Waals surface area contributed by atoms with E-state index in [1.54, 1.807) is 0 Å². The van der Waals surface area contributed by atoms with Crippen molar-refractivity contribution in [2.24, 2.45) is 0 Å². The molecule has 0 aromatic heterocycles. The Morgan fingerprint density at radius 2 is 1.46 bits per heavy atom. The fourth-order valence-corrected chi connectivity index (χ4v) is 5.01. The van der Waals surface area contributed by atoms with Crippen LogP contribution in [0.5, 0.6) is 0 Å². The Labute approximate surface area is 179 Å². The molecule has 154 valence electrons. The van der Waals surface area contributed by atoms with Gasteiger partial charge in [-0.2, -0.15) is 4.31 Å². The second-order valence-corrected chi connectivity index (χ2v) is 10.2. The summed E-state index contributed by atoms with van der Waals surface area (Å²) in [6.07, 6.45) is 1.71. The van der Waals surface area contributed by atoms with Gasteiger partial charge in [0.15, 0.2) is 0 Å². The minimum atomic E-state index is -3.69. The Balaban J connectivity index is 2.31. The average molecular weight is 443 g/mol. The molecule has 7 heteroatoms. The molecule has 2 aromatic rings. The Morgan fingerprint density at radius 3 is 2.04 bits per heavy atom. The molecule has 0 aliphatic heterocycles. The van der Waals surface area contributed by atoms with Crippen molar-refractivity contribution in [2.45, 2.75) is 38.1 Å². The van der Waals surface area contributed by atoms with Gasteiger partial charge in [-0.3, -0.25) is 0 Å². The molecule has 0 heterocycles. The molecule has 0 saturated carbocycles. The third-order valence-electron chi connectivity index (χ3n) is 4.43. The van der Waals surface area contributed by atoms with Crippen LogP contribution in [-0.2, 0) is 16.6 Å². The third kappa shape index (κ3) is 6.46. The first-order valence-electron chi connectivity index (χ1n) is 9.26. The monoisotopic (exact) mass is 442 g/mol. The van der Waals surface area contributed by atoms with Crippen LogP contribution in [0.25, 0.3) is 0 Å². The highest BCUT2D eigenvalue weighted by atomic mass is 35.5. The molecule has 2 rings (SSSR count). The summed E-state index contributed by atoms with van der Waals surface area (Å²) >= 11 is 12.0. The molecule has 0 unspecified atom stereocenters. The van der Waals surface area contributed by atoms with Crippen molar-refractivity contribution in [2.75, 3.05) is 27.2 Å². The van der Waals surface area contributed by atoms with Crippen LogP contribution in [-0.4, -0.2) is 44.8 Å². The number of aryl methyl sites for hydroxylation is 2. The second kappa shape index (κ2) is 10.1. The van der Waals surface area contributed by atoms with Crippen LogP contribution in [0, 0.1) is 13.8 Å². The van der Waals surface area contributed by atoms with E-state index >= 15 is 0 Å². The number of nitrogens with zero attached hydrogens (tertiary/aromatic N) is 2. The normalized spacial score (nSPS) is 12.1. The van der Waals surface area contributed by atoms with E-state index in [1.807, 2.05) is 40.1 Å². The summed E-state index contributed by atoms with van der Waals surface area (Å²) < 4.78 is 28.2. The van der Waals surface area contributed by atoms with Crippen LogP contribution in [0.3, 0.4) is 0 Å². The zero-order chi connectivity index (χ0) is 20.9. The highest BCUT2D eigenvalue weighted by molar-refractivity contribution is 7.89. The fourth-order valence-electron chi connectivity index (χ4n) is 3.15. The largest absolute Gasteiger partial charge is 0.309 e. The van der Waals surface area contributed by atoms with Crippen LogP contribution >= 0.6 is 23.2 Å². The van der Waals surface area contributed by atoms with Gasteiger partial charge in [0.2, 0.25) is 10.0 Å². The van der Waals surface area contributed by atoms with Gasteiger partial charge in [-0.05, 0) is 71.1 Å². The summed E-state index contributed by atoms with van der Waals surface area (Å²) in [5.41, 5.74) is 3.22. The first-order chi connectivity index (χ1) is 13.1. The summed E-state index contributed by atoms with van der Waals surface area (Å²) in [5, 5.41) is 0.578. The molecule has 2 aromatic carbocycles. The van der Waals surface area contributed by atoms with E-state index in [2.05, 4.69) is 11.0 Å². The molecule has 0 saturated heterocycles. The summed E-state index contributed by atoms with van der Waals surface area (Å²) in [6, 6.07) is 10.6. The van der Waals surface area contributed by atoms with Crippen LogP contribution in [0.1, 0.15) is 29.5 Å². The molecule has 28 heavy (non-hydrogen) atoms. The minimum absolute atomic E-state index is 0.166. The Hall–Kier alpha value is -1.11. The predicted octanol–water partition coefficient (Wildman–Crippen LogP) is 5.14. The number of unbranched alkanes of at least 4 members (excludes halogenated alkanes) is 1. The van der Waals surface area contributed by atoms with Gasteiger partial charge in [0, 0.05) is 13.1 Å². The first kappa shape index (κ1) is 23.2. The lowest BCUT2D eigenvalue weighted by atomic mass is 10.1.